The number of benzene rings is 2. The van der Waals surface area contributed by atoms with Crippen LogP contribution in [0.4, 0.5) is 0 Å². The third-order valence-corrected chi connectivity index (χ3v) is 4.18. The number of nitrogens with zero attached hydrogens (tertiary/aromatic N) is 1. The van der Waals surface area contributed by atoms with E-state index < -0.39 is 0 Å². The second-order valence-electron chi connectivity index (χ2n) is 5.76. The first-order chi connectivity index (χ1) is 11.7. The van der Waals surface area contributed by atoms with Crippen molar-refractivity contribution in [1.29, 1.82) is 0 Å². The minimum Gasteiger partial charge on any atom is -0.496 e. The molecule has 1 aromatic heterocycles. The molecule has 0 saturated heterocycles. The molecule has 0 saturated carbocycles. The standard InChI is InChI=1S/C20H21NO3/c1-13-9-18(21-20-15(11-22)5-4-6-17(13)20)14-7-8-19(24-3)16(10-14)12-23-2/h4-10,22H,11-12H2,1-3H3. The Balaban J connectivity index is 2.17. The molecular weight excluding hydrogens is 302 g/mol. The van der Waals surface area contributed by atoms with Gasteiger partial charge in [0.05, 0.1) is 31.5 Å². The predicted molar refractivity (Wildman–Crippen MR) is 95.1 cm³/mol. The van der Waals surface area contributed by atoms with Gasteiger partial charge in [-0.2, -0.15) is 0 Å². The van der Waals surface area contributed by atoms with Crippen LogP contribution in [0.25, 0.3) is 22.2 Å². The molecule has 0 radical (unpaired) electrons. The summed E-state index contributed by atoms with van der Waals surface area (Å²) in [4.78, 5) is 4.79. The fraction of sp³-hybridized carbons (Fsp3) is 0.250. The maximum absolute atomic E-state index is 9.60. The van der Waals surface area contributed by atoms with Crippen LogP contribution in [-0.2, 0) is 18.0 Å². The van der Waals surface area contributed by atoms with Gasteiger partial charge in [-0.3, -0.25) is 0 Å². The van der Waals surface area contributed by atoms with Crippen LogP contribution in [0.1, 0.15) is 16.7 Å². The number of pyridine rings is 1. The van der Waals surface area contributed by atoms with Gasteiger partial charge in [0.1, 0.15) is 5.75 Å². The van der Waals surface area contributed by atoms with Gasteiger partial charge in [0, 0.05) is 29.2 Å². The van der Waals surface area contributed by atoms with Gasteiger partial charge in [0.25, 0.3) is 0 Å². The van der Waals surface area contributed by atoms with E-state index in [0.29, 0.717) is 6.61 Å². The van der Waals surface area contributed by atoms with Gasteiger partial charge in [-0.25, -0.2) is 4.98 Å². The summed E-state index contributed by atoms with van der Waals surface area (Å²) >= 11 is 0. The van der Waals surface area contributed by atoms with Crippen LogP contribution in [0.2, 0.25) is 0 Å². The van der Waals surface area contributed by atoms with Crippen LogP contribution in [0.3, 0.4) is 0 Å². The molecule has 0 amide bonds. The molecule has 0 unspecified atom stereocenters. The van der Waals surface area contributed by atoms with Gasteiger partial charge in [-0.05, 0) is 36.8 Å². The Kier molecular flexibility index (Phi) is 4.79. The SMILES string of the molecule is COCc1cc(-c2cc(C)c3cccc(CO)c3n2)ccc1OC. The maximum Gasteiger partial charge on any atom is 0.124 e. The number of hydrogen-bond acceptors (Lipinski definition) is 4. The first-order valence-electron chi connectivity index (χ1n) is 7.84. The Morgan fingerprint density at radius 3 is 2.58 bits per heavy atom. The molecule has 3 rings (SSSR count). The molecule has 124 valence electrons. The average Bonchev–Trinajstić information content (AvgIpc) is 2.61. The molecule has 1 heterocycles. The van der Waals surface area contributed by atoms with Crippen molar-refractivity contribution in [2.45, 2.75) is 20.1 Å². The van der Waals surface area contributed by atoms with E-state index in [0.717, 1.165) is 44.6 Å². The summed E-state index contributed by atoms with van der Waals surface area (Å²) in [5.41, 5.74) is 5.67. The number of aromatic nitrogens is 1. The van der Waals surface area contributed by atoms with E-state index in [4.69, 9.17) is 14.5 Å². The molecule has 4 nitrogen and oxygen atoms in total. The number of hydrogen-bond donors (Lipinski definition) is 1. The van der Waals surface area contributed by atoms with Crippen molar-refractivity contribution in [2.75, 3.05) is 14.2 Å². The van der Waals surface area contributed by atoms with Crippen LogP contribution in [-0.4, -0.2) is 24.3 Å². The largest absolute Gasteiger partial charge is 0.496 e. The summed E-state index contributed by atoms with van der Waals surface area (Å²) in [5, 5.41) is 10.7. The Hall–Kier alpha value is -2.43. The van der Waals surface area contributed by atoms with Crippen molar-refractivity contribution in [1.82, 2.24) is 4.98 Å². The van der Waals surface area contributed by atoms with Gasteiger partial charge in [-0.15, -0.1) is 0 Å². The summed E-state index contributed by atoms with van der Waals surface area (Å²) in [6, 6.07) is 13.9. The zero-order valence-electron chi connectivity index (χ0n) is 14.2. The van der Waals surface area contributed by atoms with Gasteiger partial charge in [0.15, 0.2) is 0 Å². The minimum absolute atomic E-state index is 0.0230. The second kappa shape index (κ2) is 6.99. The third-order valence-electron chi connectivity index (χ3n) is 4.18. The molecule has 0 atom stereocenters. The van der Waals surface area contributed by atoms with E-state index in [2.05, 4.69) is 13.0 Å². The smallest absolute Gasteiger partial charge is 0.124 e. The van der Waals surface area contributed by atoms with Gasteiger partial charge in [-0.1, -0.05) is 18.2 Å². The van der Waals surface area contributed by atoms with E-state index in [9.17, 15) is 5.11 Å². The molecule has 0 bridgehead atoms. The van der Waals surface area contributed by atoms with Crippen LogP contribution in [0, 0.1) is 6.92 Å². The van der Waals surface area contributed by atoms with Crippen molar-refractivity contribution >= 4 is 10.9 Å². The van der Waals surface area contributed by atoms with Crippen LogP contribution >= 0.6 is 0 Å². The highest BCUT2D eigenvalue weighted by molar-refractivity contribution is 5.87. The highest BCUT2D eigenvalue weighted by atomic mass is 16.5. The molecule has 2 aromatic carbocycles. The number of ether oxygens (including phenoxy) is 2. The Morgan fingerprint density at radius 1 is 1.04 bits per heavy atom. The lowest BCUT2D eigenvalue weighted by Crippen LogP contribution is -1.97. The molecule has 0 aliphatic heterocycles. The fourth-order valence-electron chi connectivity index (χ4n) is 2.96. The molecule has 1 N–H and O–H groups in total. The number of para-hydroxylation sites is 1. The highest BCUT2D eigenvalue weighted by Crippen LogP contribution is 2.30. The molecule has 24 heavy (non-hydrogen) atoms. The number of rotatable bonds is 5. The van der Waals surface area contributed by atoms with Gasteiger partial charge < -0.3 is 14.6 Å². The maximum atomic E-state index is 9.60. The molecular formula is C20H21NO3. The summed E-state index contributed by atoms with van der Waals surface area (Å²) in [6.45, 7) is 2.52. The van der Waals surface area contributed by atoms with Crippen molar-refractivity contribution in [3.05, 3.63) is 59.2 Å². The predicted octanol–water partition coefficient (Wildman–Crippen LogP) is 3.86. The summed E-state index contributed by atoms with van der Waals surface area (Å²) in [7, 11) is 3.32. The topological polar surface area (TPSA) is 51.6 Å². The lowest BCUT2D eigenvalue weighted by Gasteiger charge is -2.12. The van der Waals surface area contributed by atoms with Crippen molar-refractivity contribution < 1.29 is 14.6 Å². The van der Waals surface area contributed by atoms with Gasteiger partial charge >= 0.3 is 0 Å². The van der Waals surface area contributed by atoms with Crippen LogP contribution < -0.4 is 4.74 Å². The molecule has 3 aromatic rings. The molecule has 0 aliphatic carbocycles. The van der Waals surface area contributed by atoms with Crippen molar-refractivity contribution in [3.8, 4) is 17.0 Å². The molecule has 0 spiro atoms. The van der Waals surface area contributed by atoms with E-state index >= 15 is 0 Å². The number of fused-ring (bicyclic) bond motifs is 1. The van der Waals surface area contributed by atoms with Gasteiger partial charge in [0.2, 0.25) is 0 Å². The van der Waals surface area contributed by atoms with E-state index in [1.807, 2.05) is 36.4 Å². The summed E-state index contributed by atoms with van der Waals surface area (Å²) in [5.74, 6) is 0.800. The van der Waals surface area contributed by atoms with Crippen LogP contribution in [0.5, 0.6) is 5.75 Å². The monoisotopic (exact) mass is 323 g/mol. The summed E-state index contributed by atoms with van der Waals surface area (Å²) in [6.07, 6.45) is 0. The van der Waals surface area contributed by atoms with Crippen molar-refractivity contribution in [3.63, 3.8) is 0 Å². The number of aliphatic hydroxyl groups excluding tert-OH is 1. The summed E-state index contributed by atoms with van der Waals surface area (Å²) < 4.78 is 10.6. The number of methoxy groups -OCH3 is 2. The lowest BCUT2D eigenvalue weighted by molar-refractivity contribution is 0.181. The van der Waals surface area contributed by atoms with E-state index in [1.165, 1.54) is 0 Å². The number of aliphatic hydroxyl groups is 1. The lowest BCUT2D eigenvalue weighted by atomic mass is 10.0. The average molecular weight is 323 g/mol. The Morgan fingerprint density at radius 2 is 1.88 bits per heavy atom. The minimum atomic E-state index is -0.0230. The molecule has 4 heteroatoms. The number of aryl methyl sites for hydroxylation is 1. The Labute approximate surface area is 141 Å². The zero-order valence-corrected chi connectivity index (χ0v) is 14.2. The van der Waals surface area contributed by atoms with E-state index in [1.54, 1.807) is 14.2 Å². The first kappa shape index (κ1) is 16.4. The van der Waals surface area contributed by atoms with E-state index in [-0.39, 0.29) is 6.61 Å². The fourth-order valence-corrected chi connectivity index (χ4v) is 2.96. The quantitative estimate of drug-likeness (QED) is 0.775. The normalized spacial score (nSPS) is 11.0. The molecule has 0 fully saturated rings. The third kappa shape index (κ3) is 2.98. The molecule has 0 aliphatic rings. The highest BCUT2D eigenvalue weighted by Gasteiger charge is 2.11. The van der Waals surface area contributed by atoms with Crippen LogP contribution in [0.15, 0.2) is 42.5 Å². The Bertz CT molecular complexity index is 874. The zero-order chi connectivity index (χ0) is 17.1. The van der Waals surface area contributed by atoms with Crippen molar-refractivity contribution in [2.24, 2.45) is 0 Å². The first-order valence-corrected chi connectivity index (χ1v) is 7.84. The second-order valence-corrected chi connectivity index (χ2v) is 5.76.